The number of aromatic nitrogens is 1. The molecule has 2 N–H and O–H groups in total. The number of anilines is 2. The zero-order valence-electron chi connectivity index (χ0n) is 19.8. The smallest absolute Gasteiger partial charge is 0.407 e. The van der Waals surface area contributed by atoms with Gasteiger partial charge in [0.15, 0.2) is 0 Å². The maximum atomic E-state index is 13.4. The second-order valence-corrected chi connectivity index (χ2v) is 12.1. The first kappa shape index (κ1) is 24.3. The Morgan fingerprint density at radius 1 is 1.26 bits per heavy atom. The number of thiophene rings is 1. The van der Waals surface area contributed by atoms with E-state index in [-0.39, 0.29) is 16.4 Å². The zero-order chi connectivity index (χ0) is 24.7. The van der Waals surface area contributed by atoms with Gasteiger partial charge in [0.1, 0.15) is 10.7 Å². The Labute approximate surface area is 204 Å². The molecule has 1 fully saturated rings. The fourth-order valence-electron chi connectivity index (χ4n) is 4.39. The van der Waals surface area contributed by atoms with Crippen LogP contribution < -0.4 is 9.62 Å². The van der Waals surface area contributed by atoms with E-state index in [9.17, 15) is 18.3 Å². The van der Waals surface area contributed by atoms with Crippen LogP contribution >= 0.6 is 11.3 Å². The van der Waals surface area contributed by atoms with Crippen LogP contribution in [0, 0.1) is 5.41 Å². The molecular weight excluding hydrogens is 472 g/mol. The highest BCUT2D eigenvalue weighted by molar-refractivity contribution is 7.93. The molecule has 1 aromatic carbocycles. The van der Waals surface area contributed by atoms with E-state index in [0.717, 1.165) is 16.7 Å². The molecule has 34 heavy (non-hydrogen) atoms. The molecule has 1 amide bonds. The molecule has 3 aromatic rings. The van der Waals surface area contributed by atoms with Gasteiger partial charge in [-0.15, -0.1) is 11.3 Å². The molecule has 0 radical (unpaired) electrons. The number of hydrogen-bond acceptors (Lipinski definition) is 6. The predicted octanol–water partition coefficient (Wildman–Crippen LogP) is 4.87. The summed E-state index contributed by atoms with van der Waals surface area (Å²) in [5, 5.41) is 11.9. The number of rotatable bonds is 5. The fourth-order valence-corrected chi connectivity index (χ4v) is 6.93. The first-order valence-electron chi connectivity index (χ1n) is 11.2. The zero-order valence-corrected chi connectivity index (χ0v) is 21.4. The molecular formula is C24H30N4O4S2. The van der Waals surface area contributed by atoms with Gasteiger partial charge in [-0.2, -0.15) is 0 Å². The summed E-state index contributed by atoms with van der Waals surface area (Å²) < 4.78 is 30.4. The van der Waals surface area contributed by atoms with Crippen LogP contribution in [-0.4, -0.2) is 55.2 Å². The second-order valence-electron chi connectivity index (χ2n) is 9.57. The van der Waals surface area contributed by atoms with E-state index >= 15 is 0 Å². The van der Waals surface area contributed by atoms with Gasteiger partial charge in [-0.1, -0.05) is 39.8 Å². The molecule has 1 aliphatic rings. The lowest BCUT2D eigenvalue weighted by molar-refractivity contribution is 0.0747. The summed E-state index contributed by atoms with van der Waals surface area (Å²) in [6.07, 6.45) is 1.55. The van der Waals surface area contributed by atoms with Crippen LogP contribution in [0.3, 0.4) is 0 Å². The first-order chi connectivity index (χ1) is 16.0. The highest BCUT2D eigenvalue weighted by Gasteiger charge is 2.39. The lowest BCUT2D eigenvalue weighted by atomic mass is 9.84. The van der Waals surface area contributed by atoms with Crippen LogP contribution in [-0.2, 0) is 16.4 Å². The number of carbonyl (C=O) groups is 1. The molecule has 182 valence electrons. The molecule has 1 saturated heterocycles. The molecule has 0 bridgehead atoms. The third-order valence-corrected chi connectivity index (χ3v) is 8.74. The Balaban J connectivity index is 1.73. The normalized spacial score (nSPS) is 17.2. The molecule has 3 heterocycles. The fraction of sp³-hybridized carbons (Fsp3) is 0.417. The van der Waals surface area contributed by atoms with Gasteiger partial charge in [0, 0.05) is 41.6 Å². The van der Waals surface area contributed by atoms with Crippen molar-refractivity contribution in [3.63, 3.8) is 0 Å². The van der Waals surface area contributed by atoms with Gasteiger partial charge in [-0.3, -0.25) is 4.72 Å². The van der Waals surface area contributed by atoms with Crippen molar-refractivity contribution in [3.05, 3.63) is 47.5 Å². The third kappa shape index (κ3) is 4.69. The largest absolute Gasteiger partial charge is 0.465 e. The molecule has 0 spiro atoms. The van der Waals surface area contributed by atoms with E-state index < -0.39 is 16.1 Å². The maximum Gasteiger partial charge on any atom is 0.407 e. The summed E-state index contributed by atoms with van der Waals surface area (Å²) in [4.78, 5) is 20.1. The van der Waals surface area contributed by atoms with Crippen LogP contribution in [0.1, 0.15) is 33.3 Å². The number of aryl methyl sites for hydroxylation is 1. The number of piperazine rings is 1. The van der Waals surface area contributed by atoms with Gasteiger partial charge in [-0.25, -0.2) is 18.2 Å². The van der Waals surface area contributed by atoms with Crippen molar-refractivity contribution in [1.82, 2.24) is 9.88 Å². The minimum atomic E-state index is -3.86. The van der Waals surface area contributed by atoms with Crippen LogP contribution in [0.5, 0.6) is 0 Å². The van der Waals surface area contributed by atoms with E-state index in [1.54, 1.807) is 17.6 Å². The Hall–Kier alpha value is -2.85. The molecule has 1 unspecified atom stereocenters. The van der Waals surface area contributed by atoms with Gasteiger partial charge < -0.3 is 14.9 Å². The summed E-state index contributed by atoms with van der Waals surface area (Å²) in [5.41, 5.74) is 1.27. The van der Waals surface area contributed by atoms with Crippen molar-refractivity contribution in [3.8, 4) is 0 Å². The number of pyridine rings is 1. The van der Waals surface area contributed by atoms with Crippen molar-refractivity contribution < 1.29 is 18.3 Å². The summed E-state index contributed by atoms with van der Waals surface area (Å²) >= 11 is 1.36. The number of fused-ring (bicyclic) bond motifs is 1. The van der Waals surface area contributed by atoms with Crippen molar-refractivity contribution in [1.29, 1.82) is 0 Å². The van der Waals surface area contributed by atoms with Crippen molar-refractivity contribution in [2.24, 2.45) is 5.41 Å². The molecule has 4 rings (SSSR count). The maximum absolute atomic E-state index is 13.4. The Kier molecular flexibility index (Phi) is 6.48. The molecule has 0 aliphatic carbocycles. The molecule has 0 saturated carbocycles. The van der Waals surface area contributed by atoms with E-state index in [0.29, 0.717) is 36.5 Å². The summed E-state index contributed by atoms with van der Waals surface area (Å²) in [5.74, 6) is 0.570. The van der Waals surface area contributed by atoms with Crippen LogP contribution in [0.25, 0.3) is 10.1 Å². The van der Waals surface area contributed by atoms with Gasteiger partial charge in [-0.05, 0) is 35.6 Å². The van der Waals surface area contributed by atoms with Crippen molar-refractivity contribution in [2.45, 2.75) is 45.1 Å². The standard InChI is InChI=1S/C24H30N4O4S2/c1-5-16-7-6-8-17(13-16)26-34(31,32)19-15-33-18-9-10-25-22(21(18)19)27-11-12-28(23(29)30)20(14-27)24(2,3)4/h6-10,13,15,20,26H,5,11-12,14H2,1-4H3,(H,29,30). The van der Waals surface area contributed by atoms with Crippen LogP contribution in [0.4, 0.5) is 16.3 Å². The average Bonchev–Trinajstić information content (AvgIpc) is 3.23. The van der Waals surface area contributed by atoms with Crippen LogP contribution in [0.15, 0.2) is 46.8 Å². The van der Waals surface area contributed by atoms with Gasteiger partial charge >= 0.3 is 6.09 Å². The quantitative estimate of drug-likeness (QED) is 0.516. The summed E-state index contributed by atoms with van der Waals surface area (Å²) in [6.45, 7) is 9.26. The topological polar surface area (TPSA) is 103 Å². The Morgan fingerprint density at radius 3 is 2.71 bits per heavy atom. The number of hydrogen-bond donors (Lipinski definition) is 2. The number of amides is 1. The van der Waals surface area contributed by atoms with Gasteiger partial charge in [0.05, 0.1) is 11.4 Å². The number of carboxylic acid groups (broad SMARTS) is 1. The predicted molar refractivity (Wildman–Crippen MR) is 136 cm³/mol. The second kappa shape index (κ2) is 9.07. The van der Waals surface area contributed by atoms with E-state index in [2.05, 4.69) is 9.71 Å². The molecule has 1 atom stereocenters. The number of nitrogens with zero attached hydrogens (tertiary/aromatic N) is 3. The minimum Gasteiger partial charge on any atom is -0.465 e. The van der Waals surface area contributed by atoms with Gasteiger partial charge in [0.2, 0.25) is 0 Å². The summed E-state index contributed by atoms with van der Waals surface area (Å²) in [6, 6.07) is 8.93. The van der Waals surface area contributed by atoms with E-state index in [1.807, 2.05) is 56.9 Å². The Bertz CT molecular complexity index is 1310. The van der Waals surface area contributed by atoms with Crippen molar-refractivity contribution in [2.75, 3.05) is 29.3 Å². The lowest BCUT2D eigenvalue weighted by Gasteiger charge is -2.46. The number of nitrogens with one attached hydrogen (secondary N) is 1. The van der Waals surface area contributed by atoms with Gasteiger partial charge in [0.25, 0.3) is 10.0 Å². The van der Waals surface area contributed by atoms with Crippen LogP contribution in [0.2, 0.25) is 0 Å². The molecule has 8 nitrogen and oxygen atoms in total. The molecule has 1 aliphatic heterocycles. The first-order valence-corrected chi connectivity index (χ1v) is 13.6. The third-order valence-electron chi connectivity index (χ3n) is 6.23. The van der Waals surface area contributed by atoms with E-state index in [1.165, 1.54) is 16.2 Å². The molecule has 2 aromatic heterocycles. The lowest BCUT2D eigenvalue weighted by Crippen LogP contribution is -2.59. The average molecular weight is 503 g/mol. The Morgan fingerprint density at radius 2 is 2.03 bits per heavy atom. The highest BCUT2D eigenvalue weighted by Crippen LogP contribution is 2.38. The highest BCUT2D eigenvalue weighted by atomic mass is 32.2. The SMILES string of the molecule is CCc1cccc(NS(=O)(=O)c2csc3ccnc(N4CCN(C(=O)O)C(C(C)(C)C)C4)c23)c1. The molecule has 10 heteroatoms. The monoisotopic (exact) mass is 502 g/mol. The van der Waals surface area contributed by atoms with E-state index in [4.69, 9.17) is 0 Å². The minimum absolute atomic E-state index is 0.186. The summed E-state index contributed by atoms with van der Waals surface area (Å²) in [7, 11) is -3.86. The number of sulfonamides is 1. The number of benzene rings is 1. The van der Waals surface area contributed by atoms with Crippen molar-refractivity contribution >= 4 is 49.0 Å².